The average Bonchev–Trinajstić information content (AvgIpc) is 3.47. The number of ether oxygens (including phenoxy) is 3. The van der Waals surface area contributed by atoms with E-state index in [1.54, 1.807) is 37.3 Å². The summed E-state index contributed by atoms with van der Waals surface area (Å²) in [7, 11) is 0. The quantitative estimate of drug-likeness (QED) is 0.166. The highest BCUT2D eigenvalue weighted by Gasteiger charge is 2.41. The van der Waals surface area contributed by atoms with Gasteiger partial charge in [-0.3, -0.25) is 19.2 Å². The van der Waals surface area contributed by atoms with Gasteiger partial charge in [0.1, 0.15) is 24.8 Å². The maximum Gasteiger partial charge on any atom is 0.414 e. The number of alkyl halides is 2. The highest BCUT2D eigenvalue weighted by atomic mass is 35.5. The molecule has 0 atom stereocenters. The second-order valence-electron chi connectivity index (χ2n) is 11.0. The Morgan fingerprint density at radius 1 is 1.10 bits per heavy atom. The lowest BCUT2D eigenvalue weighted by molar-refractivity contribution is -0.136. The summed E-state index contributed by atoms with van der Waals surface area (Å²) in [5, 5.41) is 15.8. The van der Waals surface area contributed by atoms with Crippen LogP contribution in [-0.2, 0) is 16.1 Å². The van der Waals surface area contributed by atoms with Crippen LogP contribution < -0.4 is 19.7 Å². The monoisotopic (exact) mass is 720 g/mol. The highest BCUT2D eigenvalue weighted by molar-refractivity contribution is 6.32. The summed E-state index contributed by atoms with van der Waals surface area (Å²) in [6, 6.07) is 11.9. The number of aromatic nitrogens is 2. The van der Waals surface area contributed by atoms with Crippen LogP contribution in [0.5, 0.6) is 11.5 Å². The summed E-state index contributed by atoms with van der Waals surface area (Å²) in [4.78, 5) is 36.9. The van der Waals surface area contributed by atoms with Crippen molar-refractivity contribution >= 4 is 46.9 Å². The van der Waals surface area contributed by atoms with E-state index in [0.29, 0.717) is 27.5 Å². The van der Waals surface area contributed by atoms with Gasteiger partial charge < -0.3 is 24.6 Å². The van der Waals surface area contributed by atoms with Gasteiger partial charge in [0.2, 0.25) is 0 Å². The van der Waals surface area contributed by atoms with Gasteiger partial charge in [0.05, 0.1) is 31.4 Å². The Labute approximate surface area is 288 Å². The van der Waals surface area contributed by atoms with Crippen molar-refractivity contribution in [3.63, 3.8) is 0 Å². The topological polar surface area (TPSA) is 132 Å². The summed E-state index contributed by atoms with van der Waals surface area (Å²) >= 11 is 12.4. The third kappa shape index (κ3) is 8.56. The van der Waals surface area contributed by atoms with Crippen molar-refractivity contribution in [3.8, 4) is 22.6 Å². The van der Waals surface area contributed by atoms with Crippen LogP contribution in [0.2, 0.25) is 10.0 Å². The van der Waals surface area contributed by atoms with Crippen molar-refractivity contribution in [2.45, 2.75) is 25.8 Å². The summed E-state index contributed by atoms with van der Waals surface area (Å²) in [6.07, 6.45) is 1.59. The number of carboxylic acids is 1. The molecule has 16 heteroatoms. The molecule has 1 aliphatic heterocycles. The molecule has 0 radical (unpaired) electrons. The number of anilines is 1. The smallest absolute Gasteiger partial charge is 0.414 e. The largest absolute Gasteiger partial charge is 0.490 e. The Balaban J connectivity index is 1.31. The summed E-state index contributed by atoms with van der Waals surface area (Å²) in [5.74, 6) is -5.52. The maximum absolute atomic E-state index is 15.1. The lowest BCUT2D eigenvalue weighted by Gasteiger charge is -2.24. The Morgan fingerprint density at radius 3 is 2.63 bits per heavy atom. The molecule has 1 aromatic heterocycles. The second kappa shape index (κ2) is 15.1. The fourth-order valence-corrected chi connectivity index (χ4v) is 5.38. The van der Waals surface area contributed by atoms with Gasteiger partial charge in [-0.2, -0.15) is 5.10 Å². The molecule has 0 fully saturated rings. The number of benzene rings is 3. The van der Waals surface area contributed by atoms with Crippen LogP contribution in [0.15, 0.2) is 60.9 Å². The van der Waals surface area contributed by atoms with Crippen LogP contribution >= 0.6 is 23.2 Å². The molecule has 4 aromatic rings. The first-order valence-corrected chi connectivity index (χ1v) is 15.5. The Hall–Kier alpha value is -4.95. The van der Waals surface area contributed by atoms with Crippen LogP contribution in [-0.4, -0.2) is 71.7 Å². The summed E-state index contributed by atoms with van der Waals surface area (Å²) in [5.41, 5.74) is 1.41. The molecule has 0 unspecified atom stereocenters. The normalized spacial score (nSPS) is 13.6. The van der Waals surface area contributed by atoms with E-state index in [9.17, 15) is 23.2 Å². The lowest BCUT2D eigenvalue weighted by Crippen LogP contribution is -2.42. The Morgan fingerprint density at radius 2 is 1.88 bits per heavy atom. The fraction of sp³-hybridized carbons (Fsp3) is 0.273. The molecule has 5 rings (SSSR count). The second-order valence-corrected chi connectivity index (χ2v) is 11.8. The molecule has 0 spiro atoms. The number of amides is 2. The zero-order valence-electron chi connectivity index (χ0n) is 25.9. The molecule has 0 aliphatic carbocycles. The molecule has 49 heavy (non-hydrogen) atoms. The first-order chi connectivity index (χ1) is 23.3. The number of carbonyl (C=O) groups excluding carboxylic acids is 2. The first kappa shape index (κ1) is 35.4. The number of rotatable bonds is 11. The molecule has 2 N–H and O–H groups in total. The zero-order chi connectivity index (χ0) is 35.3. The van der Waals surface area contributed by atoms with Gasteiger partial charge in [-0.1, -0.05) is 41.4 Å². The van der Waals surface area contributed by atoms with Crippen molar-refractivity contribution in [2.24, 2.45) is 0 Å². The number of para-hydroxylation sites is 1. The van der Waals surface area contributed by atoms with Gasteiger partial charge in [0, 0.05) is 50.6 Å². The van der Waals surface area contributed by atoms with E-state index >= 15 is 4.39 Å². The first-order valence-electron chi connectivity index (χ1n) is 14.8. The van der Waals surface area contributed by atoms with Crippen molar-refractivity contribution in [2.75, 3.05) is 37.8 Å². The molecule has 11 nitrogen and oxygen atoms in total. The third-order valence-corrected chi connectivity index (χ3v) is 8.15. The molecule has 2 amide bonds. The Kier molecular flexibility index (Phi) is 10.9. The number of nitrogens with one attached hydrogen (secondary N) is 1. The van der Waals surface area contributed by atoms with Gasteiger partial charge in [0.15, 0.2) is 12.4 Å². The number of aliphatic carboxylic acids is 1. The van der Waals surface area contributed by atoms with E-state index in [1.807, 2.05) is 0 Å². The van der Waals surface area contributed by atoms with E-state index in [1.165, 1.54) is 29.2 Å². The molecule has 1 aliphatic rings. The van der Waals surface area contributed by atoms with Crippen LogP contribution in [0.1, 0.15) is 27.9 Å². The number of halogens is 5. The predicted octanol–water partition coefficient (Wildman–Crippen LogP) is 6.61. The molecular formula is C33H29Cl2F3N4O7. The van der Waals surface area contributed by atoms with E-state index in [4.69, 9.17) is 42.5 Å². The summed E-state index contributed by atoms with van der Waals surface area (Å²) < 4.78 is 62.6. The van der Waals surface area contributed by atoms with Crippen LogP contribution in [0.4, 0.5) is 23.7 Å². The molecule has 258 valence electrons. The van der Waals surface area contributed by atoms with Gasteiger partial charge in [-0.15, -0.1) is 0 Å². The SMILES string of the molecule is Cc1c(Cl)cccc1OCCOC(=O)N1CC(F)(F)COc2c(-c3cnn(Cc4c(F)cc(C(=O)NCCC(=O)O)cc4Cl)c3)cccc21. The molecule has 0 saturated carbocycles. The number of carbonyl (C=O) groups is 3. The fourth-order valence-electron chi connectivity index (χ4n) is 4.94. The number of hydrogen-bond acceptors (Lipinski definition) is 7. The predicted molar refractivity (Wildman–Crippen MR) is 174 cm³/mol. The van der Waals surface area contributed by atoms with Gasteiger partial charge >= 0.3 is 12.1 Å². The number of hydrogen-bond donors (Lipinski definition) is 2. The minimum atomic E-state index is -3.42. The number of fused-ring (bicyclic) bond motifs is 1. The third-order valence-electron chi connectivity index (χ3n) is 7.40. The molecule has 0 bridgehead atoms. The van der Waals surface area contributed by atoms with Crippen LogP contribution in [0.3, 0.4) is 0 Å². The molecule has 2 heterocycles. The van der Waals surface area contributed by atoms with Gasteiger partial charge in [0.25, 0.3) is 11.8 Å². The van der Waals surface area contributed by atoms with E-state index < -0.39 is 42.9 Å². The van der Waals surface area contributed by atoms with Crippen molar-refractivity contribution in [1.29, 1.82) is 0 Å². The highest BCUT2D eigenvalue weighted by Crippen LogP contribution is 2.42. The number of carboxylic acid groups (broad SMARTS) is 1. The van der Waals surface area contributed by atoms with Crippen LogP contribution in [0, 0.1) is 12.7 Å². The van der Waals surface area contributed by atoms with Gasteiger partial charge in [-0.05, 0) is 37.3 Å². The van der Waals surface area contributed by atoms with E-state index in [2.05, 4.69) is 10.4 Å². The number of nitrogens with zero attached hydrogens (tertiary/aromatic N) is 3. The van der Waals surface area contributed by atoms with E-state index in [-0.39, 0.29) is 60.3 Å². The maximum atomic E-state index is 15.1. The molecular weight excluding hydrogens is 692 g/mol. The van der Waals surface area contributed by atoms with E-state index in [0.717, 1.165) is 11.0 Å². The summed E-state index contributed by atoms with van der Waals surface area (Å²) in [6.45, 7) is -0.825. The Bertz CT molecular complexity index is 1870. The lowest BCUT2D eigenvalue weighted by atomic mass is 10.1. The minimum Gasteiger partial charge on any atom is -0.490 e. The zero-order valence-corrected chi connectivity index (χ0v) is 27.4. The minimum absolute atomic E-state index is 0.00977. The standard InChI is InChI=1S/C33H29Cl2F3N4O7/c1-19-24(34)5-3-7-28(19)47-10-11-48-32(46)42-17-33(37,38)18-49-30-22(4-2-6-27(30)42)21-14-40-41(15-21)16-23-25(35)12-20(13-26(23)36)31(45)39-9-8-29(43)44/h2-7,12-15H,8-11,16-18H2,1H3,(H,39,45)(H,43,44). The van der Waals surface area contributed by atoms with Crippen molar-refractivity contribution in [3.05, 3.63) is 93.5 Å². The molecule has 0 saturated heterocycles. The van der Waals surface area contributed by atoms with Crippen molar-refractivity contribution in [1.82, 2.24) is 15.1 Å². The average molecular weight is 722 g/mol. The van der Waals surface area contributed by atoms with Gasteiger partial charge in [-0.25, -0.2) is 18.0 Å². The van der Waals surface area contributed by atoms with Crippen LogP contribution in [0.25, 0.3) is 11.1 Å². The molecule has 3 aromatic carbocycles. The van der Waals surface area contributed by atoms with Crippen molar-refractivity contribution < 1.29 is 46.9 Å².